The zero-order valence-electron chi connectivity index (χ0n) is 29.0. The van der Waals surface area contributed by atoms with Crippen molar-refractivity contribution >= 4 is 27.6 Å². The molecule has 9 heteroatoms. The lowest BCUT2D eigenvalue weighted by Gasteiger charge is -2.35. The number of hydrogen-bond donors (Lipinski definition) is 0. The average Bonchev–Trinajstić information content (AvgIpc) is 3.11. The second kappa shape index (κ2) is 14.3. The Morgan fingerprint density at radius 2 is 1.17 bits per heavy atom. The highest BCUT2D eigenvalue weighted by Crippen LogP contribution is 2.39. The zero-order chi connectivity index (χ0) is 34.7. The molecule has 4 aromatic rings. The number of nitrogens with zero attached hydrogens (tertiary/aromatic N) is 2. The van der Waals surface area contributed by atoms with E-state index in [1.807, 2.05) is 95.3 Å². The van der Waals surface area contributed by atoms with Crippen LogP contribution in [0.5, 0.6) is 17.2 Å². The van der Waals surface area contributed by atoms with Crippen LogP contribution >= 0.6 is 0 Å². The minimum absolute atomic E-state index is 0.192. The summed E-state index contributed by atoms with van der Waals surface area (Å²) in [6.07, 6.45) is 1.82. The third kappa shape index (κ3) is 6.57. The van der Waals surface area contributed by atoms with Gasteiger partial charge in [0.1, 0.15) is 0 Å². The molecule has 1 aliphatic rings. The van der Waals surface area contributed by atoms with E-state index in [-0.39, 0.29) is 32.1 Å². The highest BCUT2D eigenvalue weighted by molar-refractivity contribution is 7.89. The molecule has 0 N–H and O–H groups in total. The molecule has 0 radical (unpaired) electrons. The number of rotatable bonds is 9. The maximum Gasteiger partial charge on any atom is 0.254 e. The summed E-state index contributed by atoms with van der Waals surface area (Å²) in [5.41, 5.74) is 8.66. The lowest BCUT2D eigenvalue weighted by Crippen LogP contribution is -2.50. The summed E-state index contributed by atoms with van der Waals surface area (Å²) in [6, 6.07) is 21.5. The maximum atomic E-state index is 14.4. The molecule has 0 bridgehead atoms. The van der Waals surface area contributed by atoms with Crippen molar-refractivity contribution in [3.63, 3.8) is 0 Å². The molecule has 5 rings (SSSR count). The summed E-state index contributed by atoms with van der Waals surface area (Å²) in [5, 5.41) is 0. The van der Waals surface area contributed by atoms with Gasteiger partial charge >= 0.3 is 0 Å². The summed E-state index contributed by atoms with van der Waals surface area (Å²) in [7, 11) is 0.878. The normalized spacial score (nSPS) is 14.2. The van der Waals surface area contributed by atoms with Crippen LogP contribution in [0.15, 0.2) is 71.6 Å². The summed E-state index contributed by atoms with van der Waals surface area (Å²) in [4.78, 5) is 16.5. The number of benzene rings is 4. The molecule has 0 saturated carbocycles. The van der Waals surface area contributed by atoms with Crippen molar-refractivity contribution in [2.75, 3.05) is 47.5 Å². The van der Waals surface area contributed by atoms with E-state index in [1.165, 1.54) is 4.31 Å². The third-order valence-electron chi connectivity index (χ3n) is 9.59. The Labute approximate surface area is 284 Å². The Balaban J connectivity index is 1.49. The van der Waals surface area contributed by atoms with E-state index in [4.69, 9.17) is 14.2 Å². The molecule has 1 saturated heterocycles. The standard InChI is InChI=1S/C39H44N2O6S/c1-25-26(2)28(4)38(29(5)27(25)3)48(43,44)41-20-18-40(19-21-41)39(42)34(22-30-23-35(45-6)37(47-8)36(24-30)46-7)33-16-14-32(15-17-33)31-12-10-9-11-13-31/h9-17,22-24H,18-21H2,1-8H3/b34-22+. The molecule has 48 heavy (non-hydrogen) atoms. The number of carbonyl (C=O) groups excluding carboxylic acids is 1. The number of methoxy groups -OCH3 is 3. The predicted octanol–water partition coefficient (Wildman–Crippen LogP) is 7.00. The fraction of sp³-hybridized carbons (Fsp3) is 0.308. The van der Waals surface area contributed by atoms with Crippen molar-refractivity contribution in [2.45, 2.75) is 39.5 Å². The first-order chi connectivity index (χ1) is 22.9. The quantitative estimate of drug-likeness (QED) is 0.141. The fourth-order valence-electron chi connectivity index (χ4n) is 6.38. The van der Waals surface area contributed by atoms with Crippen LogP contribution in [0, 0.1) is 34.6 Å². The first kappa shape index (κ1) is 34.7. The van der Waals surface area contributed by atoms with Crippen LogP contribution in [0.3, 0.4) is 0 Å². The fourth-order valence-corrected chi connectivity index (χ4v) is 8.36. The zero-order valence-corrected chi connectivity index (χ0v) is 29.8. The van der Waals surface area contributed by atoms with E-state index in [0.717, 1.165) is 44.5 Å². The minimum Gasteiger partial charge on any atom is -0.493 e. The van der Waals surface area contributed by atoms with Crippen molar-refractivity contribution in [3.8, 4) is 28.4 Å². The van der Waals surface area contributed by atoms with Crippen molar-refractivity contribution < 1.29 is 27.4 Å². The monoisotopic (exact) mass is 668 g/mol. The largest absolute Gasteiger partial charge is 0.493 e. The SMILES string of the molecule is COc1cc(/C=C(/C(=O)N2CCN(S(=O)(=O)c3c(C)c(C)c(C)c(C)c3C)CC2)c2ccc(-c3ccccc3)cc2)cc(OC)c1OC. The molecule has 252 valence electrons. The summed E-state index contributed by atoms with van der Waals surface area (Å²) in [6.45, 7) is 10.7. The molecule has 1 fully saturated rings. The van der Waals surface area contributed by atoms with Gasteiger partial charge < -0.3 is 19.1 Å². The Kier molecular flexibility index (Phi) is 10.3. The van der Waals surface area contributed by atoms with E-state index in [2.05, 4.69) is 0 Å². The highest BCUT2D eigenvalue weighted by Gasteiger charge is 2.34. The summed E-state index contributed by atoms with van der Waals surface area (Å²) in [5.74, 6) is 1.21. The molecule has 1 heterocycles. The van der Waals surface area contributed by atoms with Crippen LogP contribution in [-0.4, -0.2) is 71.0 Å². The van der Waals surface area contributed by atoms with Crippen molar-refractivity contribution in [3.05, 3.63) is 106 Å². The molecule has 0 aliphatic carbocycles. The van der Waals surface area contributed by atoms with Gasteiger partial charge in [-0.3, -0.25) is 4.79 Å². The lowest BCUT2D eigenvalue weighted by atomic mass is 9.95. The van der Waals surface area contributed by atoms with Crippen LogP contribution in [-0.2, 0) is 14.8 Å². The van der Waals surface area contributed by atoms with Gasteiger partial charge in [0.15, 0.2) is 11.5 Å². The first-order valence-corrected chi connectivity index (χ1v) is 17.4. The molecule has 0 unspecified atom stereocenters. The van der Waals surface area contributed by atoms with Gasteiger partial charge in [-0.15, -0.1) is 0 Å². The molecule has 4 aromatic carbocycles. The summed E-state index contributed by atoms with van der Waals surface area (Å²) >= 11 is 0. The van der Waals surface area contributed by atoms with E-state index < -0.39 is 10.0 Å². The first-order valence-electron chi connectivity index (χ1n) is 16.0. The van der Waals surface area contributed by atoms with Gasteiger partial charge in [-0.05, 0) is 103 Å². The Morgan fingerprint density at radius 1 is 0.667 bits per heavy atom. The van der Waals surface area contributed by atoms with E-state index >= 15 is 0 Å². The molecular formula is C39H44N2O6S. The van der Waals surface area contributed by atoms with Crippen LogP contribution in [0.1, 0.15) is 38.9 Å². The third-order valence-corrected chi connectivity index (χ3v) is 11.8. The minimum atomic E-state index is -3.77. The van der Waals surface area contributed by atoms with Crippen LogP contribution in [0.4, 0.5) is 0 Å². The van der Waals surface area contributed by atoms with Gasteiger partial charge in [-0.2, -0.15) is 4.31 Å². The van der Waals surface area contributed by atoms with Crippen molar-refractivity contribution in [1.82, 2.24) is 9.21 Å². The molecule has 8 nitrogen and oxygen atoms in total. The van der Waals surface area contributed by atoms with Gasteiger partial charge in [-0.1, -0.05) is 54.6 Å². The number of hydrogen-bond acceptors (Lipinski definition) is 6. The second-order valence-electron chi connectivity index (χ2n) is 12.1. The molecule has 1 amide bonds. The average molecular weight is 669 g/mol. The maximum absolute atomic E-state index is 14.4. The van der Waals surface area contributed by atoms with Crippen LogP contribution < -0.4 is 14.2 Å². The van der Waals surface area contributed by atoms with Gasteiger partial charge in [0, 0.05) is 31.8 Å². The number of carbonyl (C=O) groups is 1. The molecule has 0 aromatic heterocycles. The van der Waals surface area contributed by atoms with E-state index in [0.29, 0.717) is 33.3 Å². The molecule has 0 atom stereocenters. The van der Waals surface area contributed by atoms with Gasteiger partial charge in [0.05, 0.1) is 26.2 Å². The predicted molar refractivity (Wildman–Crippen MR) is 191 cm³/mol. The topological polar surface area (TPSA) is 85.4 Å². The second-order valence-corrected chi connectivity index (χ2v) is 14.0. The molecular weight excluding hydrogens is 625 g/mol. The number of piperazine rings is 1. The summed E-state index contributed by atoms with van der Waals surface area (Å²) < 4.78 is 46.2. The van der Waals surface area contributed by atoms with Crippen molar-refractivity contribution in [1.29, 1.82) is 0 Å². The Morgan fingerprint density at radius 3 is 1.67 bits per heavy atom. The number of ether oxygens (including phenoxy) is 3. The van der Waals surface area contributed by atoms with Crippen LogP contribution in [0.2, 0.25) is 0 Å². The van der Waals surface area contributed by atoms with Gasteiger partial charge in [0.2, 0.25) is 15.8 Å². The Hall–Kier alpha value is -4.60. The smallest absolute Gasteiger partial charge is 0.254 e. The number of sulfonamides is 1. The lowest BCUT2D eigenvalue weighted by molar-refractivity contribution is -0.126. The molecule has 1 aliphatic heterocycles. The van der Waals surface area contributed by atoms with Gasteiger partial charge in [0.25, 0.3) is 5.91 Å². The van der Waals surface area contributed by atoms with Gasteiger partial charge in [-0.25, -0.2) is 8.42 Å². The van der Waals surface area contributed by atoms with Crippen LogP contribution in [0.25, 0.3) is 22.8 Å². The Bertz CT molecular complexity index is 1910. The van der Waals surface area contributed by atoms with Crippen molar-refractivity contribution in [2.24, 2.45) is 0 Å². The number of amides is 1. The highest BCUT2D eigenvalue weighted by atomic mass is 32.2. The van der Waals surface area contributed by atoms with E-state index in [1.54, 1.807) is 38.4 Å². The molecule has 0 spiro atoms. The van der Waals surface area contributed by atoms with E-state index in [9.17, 15) is 13.2 Å².